The zero-order valence-corrected chi connectivity index (χ0v) is 6.60. The van der Waals surface area contributed by atoms with Crippen molar-refractivity contribution in [1.29, 1.82) is 0 Å². The number of nitro benzene ring substituents is 1. The molecule has 0 atom stereocenters. The fourth-order valence-electron chi connectivity index (χ4n) is 0.867. The lowest BCUT2D eigenvalue weighted by Crippen LogP contribution is -1.87. The van der Waals surface area contributed by atoms with Crippen LogP contribution in [0.15, 0.2) is 29.3 Å². The van der Waals surface area contributed by atoms with Gasteiger partial charge in [0, 0.05) is 12.3 Å². The second-order valence-corrected chi connectivity index (χ2v) is 2.13. The zero-order chi connectivity index (χ0) is 8.97. The first-order valence-corrected chi connectivity index (χ1v) is 3.48. The minimum Gasteiger partial charge on any atom is -0.258 e. The first kappa shape index (κ1) is 8.39. The predicted octanol–water partition coefficient (Wildman–Crippen LogP) is 2.32. The SMILES string of the molecule is CC=Nc1ccccc1[N+](=O)[O-]. The second-order valence-electron chi connectivity index (χ2n) is 2.13. The summed E-state index contributed by atoms with van der Waals surface area (Å²) in [5.41, 5.74) is 0.431. The Kier molecular flexibility index (Phi) is 2.53. The van der Waals surface area contributed by atoms with Crippen LogP contribution in [-0.4, -0.2) is 11.1 Å². The fourth-order valence-corrected chi connectivity index (χ4v) is 0.867. The first-order valence-electron chi connectivity index (χ1n) is 3.48. The van der Waals surface area contributed by atoms with Gasteiger partial charge in [-0.2, -0.15) is 0 Å². The van der Waals surface area contributed by atoms with Gasteiger partial charge in [0.15, 0.2) is 0 Å². The third-order valence-electron chi connectivity index (χ3n) is 1.35. The molecule has 0 saturated heterocycles. The van der Waals surface area contributed by atoms with Crippen molar-refractivity contribution in [3.63, 3.8) is 0 Å². The maximum Gasteiger partial charge on any atom is 0.294 e. The van der Waals surface area contributed by atoms with Crippen molar-refractivity contribution < 1.29 is 4.92 Å². The minimum absolute atomic E-state index is 0.0376. The second kappa shape index (κ2) is 3.61. The first-order chi connectivity index (χ1) is 5.75. The van der Waals surface area contributed by atoms with Gasteiger partial charge >= 0.3 is 0 Å². The quantitative estimate of drug-likeness (QED) is 0.382. The number of para-hydroxylation sites is 2. The van der Waals surface area contributed by atoms with Crippen molar-refractivity contribution in [2.24, 2.45) is 4.99 Å². The van der Waals surface area contributed by atoms with Gasteiger partial charge < -0.3 is 0 Å². The highest BCUT2D eigenvalue weighted by Crippen LogP contribution is 2.25. The minimum atomic E-state index is -0.442. The van der Waals surface area contributed by atoms with Crippen LogP contribution in [0.1, 0.15) is 6.92 Å². The van der Waals surface area contributed by atoms with E-state index in [1.54, 1.807) is 25.1 Å². The highest BCUT2D eigenvalue weighted by Gasteiger charge is 2.09. The largest absolute Gasteiger partial charge is 0.294 e. The molecule has 0 saturated carbocycles. The lowest BCUT2D eigenvalue weighted by Gasteiger charge is -1.94. The van der Waals surface area contributed by atoms with E-state index in [1.165, 1.54) is 12.3 Å². The van der Waals surface area contributed by atoms with E-state index in [0.717, 1.165) is 0 Å². The lowest BCUT2D eigenvalue weighted by atomic mass is 10.3. The van der Waals surface area contributed by atoms with Crippen molar-refractivity contribution in [1.82, 2.24) is 0 Å². The number of nitro groups is 1. The molecule has 1 rings (SSSR count). The lowest BCUT2D eigenvalue weighted by molar-refractivity contribution is -0.384. The summed E-state index contributed by atoms with van der Waals surface area (Å²) >= 11 is 0. The molecule has 0 unspecified atom stereocenters. The summed E-state index contributed by atoms with van der Waals surface area (Å²) in [6, 6.07) is 6.38. The molecule has 0 aromatic heterocycles. The third kappa shape index (κ3) is 1.66. The molecule has 0 aliphatic heterocycles. The van der Waals surface area contributed by atoms with Crippen LogP contribution in [0.5, 0.6) is 0 Å². The summed E-state index contributed by atoms with van der Waals surface area (Å²) in [6.07, 6.45) is 1.53. The molecule has 0 bridgehead atoms. The van der Waals surface area contributed by atoms with Gasteiger partial charge in [-0.25, -0.2) is 0 Å². The highest BCUT2D eigenvalue weighted by atomic mass is 16.6. The van der Waals surface area contributed by atoms with Gasteiger partial charge in [0.2, 0.25) is 0 Å². The normalized spacial score (nSPS) is 10.4. The Morgan fingerprint density at radius 3 is 2.75 bits per heavy atom. The van der Waals surface area contributed by atoms with Crippen LogP contribution in [-0.2, 0) is 0 Å². The molecule has 1 aromatic carbocycles. The molecule has 0 spiro atoms. The van der Waals surface area contributed by atoms with Crippen LogP contribution in [0.25, 0.3) is 0 Å². The fraction of sp³-hybridized carbons (Fsp3) is 0.125. The summed E-state index contributed by atoms with van der Waals surface area (Å²) in [6.45, 7) is 1.72. The molecule has 4 heteroatoms. The molecular formula is C8H8N2O2. The summed E-state index contributed by atoms with van der Waals surface area (Å²) in [5, 5.41) is 10.4. The van der Waals surface area contributed by atoms with Gasteiger partial charge in [0.05, 0.1) is 4.92 Å². The molecule has 0 N–H and O–H groups in total. The van der Waals surface area contributed by atoms with Crippen molar-refractivity contribution in [3.05, 3.63) is 34.4 Å². The van der Waals surface area contributed by atoms with Crippen molar-refractivity contribution >= 4 is 17.6 Å². The number of aliphatic imine (C=N–C) groups is 1. The predicted molar refractivity (Wildman–Crippen MR) is 46.9 cm³/mol. The topological polar surface area (TPSA) is 55.5 Å². The Morgan fingerprint density at radius 1 is 1.50 bits per heavy atom. The van der Waals surface area contributed by atoms with E-state index in [9.17, 15) is 10.1 Å². The summed E-state index contributed by atoms with van der Waals surface area (Å²) in [4.78, 5) is 13.8. The molecule has 0 fully saturated rings. The van der Waals surface area contributed by atoms with Gasteiger partial charge in [0.25, 0.3) is 5.69 Å². The smallest absolute Gasteiger partial charge is 0.258 e. The molecule has 62 valence electrons. The maximum absolute atomic E-state index is 10.4. The van der Waals surface area contributed by atoms with E-state index >= 15 is 0 Å². The van der Waals surface area contributed by atoms with Gasteiger partial charge in [-0.05, 0) is 13.0 Å². The van der Waals surface area contributed by atoms with Crippen LogP contribution >= 0.6 is 0 Å². The van der Waals surface area contributed by atoms with E-state index in [0.29, 0.717) is 5.69 Å². The highest BCUT2D eigenvalue weighted by molar-refractivity contribution is 5.66. The number of benzene rings is 1. The van der Waals surface area contributed by atoms with E-state index < -0.39 is 4.92 Å². The van der Waals surface area contributed by atoms with Gasteiger partial charge in [0.1, 0.15) is 5.69 Å². The molecule has 1 aromatic rings. The third-order valence-corrected chi connectivity index (χ3v) is 1.35. The Labute approximate surface area is 69.7 Å². The Morgan fingerprint density at radius 2 is 2.17 bits per heavy atom. The van der Waals surface area contributed by atoms with Crippen molar-refractivity contribution in [2.75, 3.05) is 0 Å². The average Bonchev–Trinajstić information content (AvgIpc) is 2.05. The molecule has 0 aliphatic carbocycles. The van der Waals surface area contributed by atoms with E-state index in [-0.39, 0.29) is 5.69 Å². The molecule has 4 nitrogen and oxygen atoms in total. The number of hydrogen-bond donors (Lipinski definition) is 0. The number of hydrogen-bond acceptors (Lipinski definition) is 3. The Balaban J connectivity index is 3.17. The molecule has 12 heavy (non-hydrogen) atoms. The van der Waals surface area contributed by atoms with E-state index in [1.807, 2.05) is 0 Å². The summed E-state index contributed by atoms with van der Waals surface area (Å²) in [7, 11) is 0. The van der Waals surface area contributed by atoms with E-state index in [2.05, 4.69) is 4.99 Å². The van der Waals surface area contributed by atoms with Gasteiger partial charge in [-0.3, -0.25) is 15.1 Å². The van der Waals surface area contributed by atoms with Crippen LogP contribution in [0.2, 0.25) is 0 Å². The number of rotatable bonds is 2. The Bertz CT molecular complexity index is 321. The summed E-state index contributed by atoms with van der Waals surface area (Å²) < 4.78 is 0. The van der Waals surface area contributed by atoms with Crippen LogP contribution in [0.4, 0.5) is 11.4 Å². The van der Waals surface area contributed by atoms with Crippen LogP contribution in [0, 0.1) is 10.1 Å². The zero-order valence-electron chi connectivity index (χ0n) is 6.60. The molecule has 0 aliphatic rings. The molecule has 0 heterocycles. The molecule has 0 amide bonds. The molecular weight excluding hydrogens is 156 g/mol. The maximum atomic E-state index is 10.4. The van der Waals surface area contributed by atoms with Gasteiger partial charge in [-0.1, -0.05) is 12.1 Å². The van der Waals surface area contributed by atoms with E-state index in [4.69, 9.17) is 0 Å². The van der Waals surface area contributed by atoms with Crippen molar-refractivity contribution in [2.45, 2.75) is 6.92 Å². The Hall–Kier alpha value is -1.71. The van der Waals surface area contributed by atoms with Crippen molar-refractivity contribution in [3.8, 4) is 0 Å². The number of nitrogens with zero attached hydrogens (tertiary/aromatic N) is 2. The monoisotopic (exact) mass is 164 g/mol. The van der Waals surface area contributed by atoms with Gasteiger partial charge in [-0.15, -0.1) is 0 Å². The van der Waals surface area contributed by atoms with Crippen LogP contribution in [0.3, 0.4) is 0 Å². The standard InChI is InChI=1S/C8H8N2O2/c1-2-9-7-5-3-4-6-8(7)10(11)12/h2-6H,1H3. The molecule has 0 radical (unpaired) electrons. The summed E-state index contributed by atoms with van der Waals surface area (Å²) in [5.74, 6) is 0. The van der Waals surface area contributed by atoms with Crippen LogP contribution < -0.4 is 0 Å². The average molecular weight is 164 g/mol.